The molecule has 0 aliphatic carbocycles. The fourth-order valence-corrected chi connectivity index (χ4v) is 3.10. The Morgan fingerprint density at radius 2 is 1.88 bits per heavy atom. The van der Waals surface area contributed by atoms with Gasteiger partial charge < -0.3 is 14.1 Å². The van der Waals surface area contributed by atoms with Crippen LogP contribution in [0.3, 0.4) is 0 Å². The number of methoxy groups -OCH3 is 1. The van der Waals surface area contributed by atoms with Crippen LogP contribution in [-0.2, 0) is 0 Å². The third-order valence-corrected chi connectivity index (χ3v) is 4.59. The second-order valence-corrected chi connectivity index (χ2v) is 6.23. The summed E-state index contributed by atoms with van der Waals surface area (Å²) in [6.07, 6.45) is 0. The number of nitrogens with zero attached hydrogens (tertiary/aromatic N) is 2. The molecule has 2 aromatic carbocycles. The van der Waals surface area contributed by atoms with Gasteiger partial charge in [0.2, 0.25) is 17.3 Å². The number of para-hydroxylation sites is 1. The maximum Gasteiger partial charge on any atom is 0.248 e. The largest absolute Gasteiger partial charge is 0.497 e. The quantitative estimate of drug-likeness (QED) is 0.540. The molecule has 0 spiro atoms. The first-order valence-corrected chi connectivity index (χ1v) is 8.45. The van der Waals surface area contributed by atoms with Crippen LogP contribution in [0.25, 0.3) is 22.4 Å². The molecular formula is C19H15N3O3S. The molecule has 1 unspecified atom stereocenters. The number of pyridine rings is 1. The number of rotatable bonds is 4. The van der Waals surface area contributed by atoms with Crippen LogP contribution in [0.4, 0.5) is 0 Å². The van der Waals surface area contributed by atoms with Gasteiger partial charge in [0.25, 0.3) is 0 Å². The summed E-state index contributed by atoms with van der Waals surface area (Å²) in [5.74, 6) is 1.46. The number of H-pyrrole nitrogens is 1. The maximum atomic E-state index is 12.0. The van der Waals surface area contributed by atoms with E-state index in [2.05, 4.69) is 27.8 Å². The molecular weight excluding hydrogens is 350 g/mol. The number of nitrogens with one attached hydrogen (secondary N) is 1. The molecule has 4 rings (SSSR count). The van der Waals surface area contributed by atoms with E-state index in [0.717, 1.165) is 27.8 Å². The lowest BCUT2D eigenvalue weighted by molar-refractivity contribution is 0.415. The molecule has 0 bridgehead atoms. The summed E-state index contributed by atoms with van der Waals surface area (Å²) in [7, 11) is 1.61. The van der Waals surface area contributed by atoms with Crippen LogP contribution in [-0.4, -0.2) is 22.3 Å². The molecule has 6 nitrogen and oxygen atoms in total. The minimum absolute atomic E-state index is 0.201. The Hall–Kier alpha value is -3.06. The normalized spacial score (nSPS) is 12.2. The minimum Gasteiger partial charge on any atom is -0.497 e. The summed E-state index contributed by atoms with van der Waals surface area (Å²) >= 11 is 4.62. The highest BCUT2D eigenvalue weighted by molar-refractivity contribution is 7.80. The van der Waals surface area contributed by atoms with E-state index in [9.17, 15) is 4.79 Å². The van der Waals surface area contributed by atoms with Crippen molar-refractivity contribution in [1.29, 1.82) is 0 Å². The number of hydrogen-bond acceptors (Lipinski definition) is 6. The predicted molar refractivity (Wildman–Crippen MR) is 102 cm³/mol. The van der Waals surface area contributed by atoms with Crippen molar-refractivity contribution in [3.05, 3.63) is 76.4 Å². The first-order chi connectivity index (χ1) is 12.7. The monoisotopic (exact) mass is 365 g/mol. The van der Waals surface area contributed by atoms with Crippen molar-refractivity contribution in [2.24, 2.45) is 0 Å². The average Bonchev–Trinajstić information content (AvgIpc) is 3.17. The van der Waals surface area contributed by atoms with Crippen molar-refractivity contribution in [1.82, 2.24) is 15.2 Å². The number of ether oxygens (including phenoxy) is 1. The molecule has 0 saturated heterocycles. The van der Waals surface area contributed by atoms with E-state index in [1.807, 2.05) is 48.5 Å². The van der Waals surface area contributed by atoms with Gasteiger partial charge in [-0.15, -0.1) is 10.2 Å². The third kappa shape index (κ3) is 2.97. The van der Waals surface area contributed by atoms with Gasteiger partial charge in [-0.25, -0.2) is 0 Å². The van der Waals surface area contributed by atoms with Gasteiger partial charge in [-0.3, -0.25) is 4.79 Å². The summed E-state index contributed by atoms with van der Waals surface area (Å²) in [5.41, 5.74) is 2.04. The Bertz CT molecular complexity index is 1120. The first kappa shape index (κ1) is 16.4. The number of thiol groups is 1. The smallest absolute Gasteiger partial charge is 0.248 e. The average molecular weight is 365 g/mol. The fourth-order valence-electron chi connectivity index (χ4n) is 2.79. The Morgan fingerprint density at radius 3 is 2.65 bits per heavy atom. The lowest BCUT2D eigenvalue weighted by atomic mass is 10.1. The summed E-state index contributed by atoms with van der Waals surface area (Å²) in [5, 5.41) is 8.58. The van der Waals surface area contributed by atoms with Crippen LogP contribution in [0.15, 0.2) is 63.8 Å². The molecule has 0 aliphatic heterocycles. The molecule has 0 saturated carbocycles. The highest BCUT2D eigenvalue weighted by Crippen LogP contribution is 2.32. The van der Waals surface area contributed by atoms with Gasteiger partial charge in [-0.2, -0.15) is 12.6 Å². The zero-order valence-electron chi connectivity index (χ0n) is 13.8. The Morgan fingerprint density at radius 1 is 1.12 bits per heavy atom. The van der Waals surface area contributed by atoms with Gasteiger partial charge in [-0.1, -0.05) is 18.2 Å². The molecule has 4 aromatic rings. The van der Waals surface area contributed by atoms with E-state index < -0.39 is 5.25 Å². The summed E-state index contributed by atoms with van der Waals surface area (Å²) in [6, 6.07) is 16.4. The van der Waals surface area contributed by atoms with Gasteiger partial charge in [0.1, 0.15) is 11.0 Å². The number of aromatic amines is 1. The lowest BCUT2D eigenvalue weighted by Gasteiger charge is -2.09. The Labute approximate surface area is 154 Å². The summed E-state index contributed by atoms with van der Waals surface area (Å²) < 4.78 is 10.9. The van der Waals surface area contributed by atoms with Crippen LogP contribution < -0.4 is 10.3 Å². The van der Waals surface area contributed by atoms with Crippen LogP contribution >= 0.6 is 12.6 Å². The zero-order valence-corrected chi connectivity index (χ0v) is 14.7. The SMILES string of the molecule is COc1ccc(-c2nnc(C(S)c3cc(=O)[nH]c4ccccc34)o2)cc1. The molecule has 0 aliphatic rings. The zero-order chi connectivity index (χ0) is 18.1. The molecule has 1 N–H and O–H groups in total. The highest BCUT2D eigenvalue weighted by atomic mass is 32.1. The van der Waals surface area contributed by atoms with E-state index in [0.29, 0.717) is 11.8 Å². The van der Waals surface area contributed by atoms with Crippen LogP contribution in [0.2, 0.25) is 0 Å². The van der Waals surface area contributed by atoms with Crippen LogP contribution in [0.5, 0.6) is 5.75 Å². The first-order valence-electron chi connectivity index (χ1n) is 7.93. The van der Waals surface area contributed by atoms with Gasteiger partial charge in [0.05, 0.1) is 7.11 Å². The van der Waals surface area contributed by atoms with Gasteiger partial charge in [-0.05, 0) is 35.9 Å². The van der Waals surface area contributed by atoms with Crippen molar-refractivity contribution < 1.29 is 9.15 Å². The van der Waals surface area contributed by atoms with Gasteiger partial charge in [0, 0.05) is 22.5 Å². The number of fused-ring (bicyclic) bond motifs is 1. The molecule has 7 heteroatoms. The van der Waals surface area contributed by atoms with Crippen molar-refractivity contribution >= 4 is 23.5 Å². The minimum atomic E-state index is -0.512. The van der Waals surface area contributed by atoms with Gasteiger partial charge >= 0.3 is 0 Å². The molecule has 0 amide bonds. The molecule has 0 fully saturated rings. The van der Waals surface area contributed by atoms with E-state index in [-0.39, 0.29) is 5.56 Å². The van der Waals surface area contributed by atoms with E-state index >= 15 is 0 Å². The van der Waals surface area contributed by atoms with Crippen LogP contribution in [0.1, 0.15) is 16.7 Å². The number of benzene rings is 2. The standard InChI is InChI=1S/C19H15N3O3S/c1-24-12-8-6-11(7-9-12)18-21-22-19(25-18)17(26)14-10-16(23)20-15-5-3-2-4-13(14)15/h2-10,17,26H,1H3,(H,20,23). The van der Waals surface area contributed by atoms with Crippen molar-refractivity contribution in [2.45, 2.75) is 5.25 Å². The number of hydrogen-bond donors (Lipinski definition) is 2. The van der Waals surface area contributed by atoms with Crippen molar-refractivity contribution in [3.8, 4) is 17.2 Å². The molecule has 0 radical (unpaired) electrons. The number of aromatic nitrogens is 3. The molecule has 130 valence electrons. The van der Waals surface area contributed by atoms with Gasteiger partial charge in [0.15, 0.2) is 0 Å². The second-order valence-electron chi connectivity index (χ2n) is 5.71. The lowest BCUT2D eigenvalue weighted by Crippen LogP contribution is -2.08. The van der Waals surface area contributed by atoms with Crippen molar-refractivity contribution in [2.75, 3.05) is 7.11 Å². The maximum absolute atomic E-state index is 12.0. The van der Waals surface area contributed by atoms with Crippen LogP contribution in [0, 0.1) is 0 Å². The summed E-state index contributed by atoms with van der Waals surface area (Å²) in [4.78, 5) is 14.8. The summed E-state index contributed by atoms with van der Waals surface area (Å²) in [6.45, 7) is 0. The molecule has 26 heavy (non-hydrogen) atoms. The molecule has 2 aromatic heterocycles. The van der Waals surface area contributed by atoms with E-state index in [1.54, 1.807) is 7.11 Å². The third-order valence-electron chi connectivity index (χ3n) is 4.09. The Balaban J connectivity index is 1.72. The van der Waals surface area contributed by atoms with Crippen molar-refractivity contribution in [3.63, 3.8) is 0 Å². The topological polar surface area (TPSA) is 81.0 Å². The highest BCUT2D eigenvalue weighted by Gasteiger charge is 2.20. The Kier molecular flexibility index (Phi) is 4.22. The van der Waals surface area contributed by atoms with E-state index in [4.69, 9.17) is 9.15 Å². The second kappa shape index (κ2) is 6.68. The van der Waals surface area contributed by atoms with E-state index in [1.165, 1.54) is 6.07 Å². The molecule has 1 atom stereocenters. The molecule has 2 heterocycles. The predicted octanol–water partition coefficient (Wildman–Crippen LogP) is 3.61. The fraction of sp³-hybridized carbons (Fsp3) is 0.105.